The lowest BCUT2D eigenvalue weighted by molar-refractivity contribution is -0.150. The molecule has 5 rings (SSSR count). The van der Waals surface area contributed by atoms with Crippen molar-refractivity contribution < 1.29 is 14.3 Å². The molecule has 6 nitrogen and oxygen atoms in total. The standard InChI is InChI=1S/C30H26ClN3O3/c1-33(2)23-15-10-20(11-16-23)26-27(28(35)21-8-13-22(31)14-9-21)34-24-7-5-4-6-19(24)12-17-25(34)30(26,18-32)29(36)37-3/h4-17,25-27H,1-3H3/t25-,26-,27+,30+/m0/s1. The molecule has 0 radical (unpaired) electrons. The van der Waals surface area contributed by atoms with Crippen molar-refractivity contribution in [3.63, 3.8) is 0 Å². The Balaban J connectivity index is 1.79. The van der Waals surface area contributed by atoms with Crippen LogP contribution in [0, 0.1) is 16.7 Å². The third-order valence-electron chi connectivity index (χ3n) is 7.42. The summed E-state index contributed by atoms with van der Waals surface area (Å²) in [6.07, 6.45) is 3.76. The second-order valence-electron chi connectivity index (χ2n) is 9.52. The van der Waals surface area contributed by atoms with Crippen LogP contribution in [0.25, 0.3) is 6.08 Å². The van der Waals surface area contributed by atoms with Gasteiger partial charge in [0.05, 0.1) is 19.2 Å². The van der Waals surface area contributed by atoms with Gasteiger partial charge in [-0.2, -0.15) is 5.26 Å². The van der Waals surface area contributed by atoms with Crippen molar-refractivity contribution in [2.45, 2.75) is 18.0 Å². The first-order valence-electron chi connectivity index (χ1n) is 12.0. The lowest BCUT2D eigenvalue weighted by atomic mass is 9.68. The highest BCUT2D eigenvalue weighted by molar-refractivity contribution is 6.30. The minimum Gasteiger partial charge on any atom is -0.468 e. The summed E-state index contributed by atoms with van der Waals surface area (Å²) in [5.41, 5.74) is 2.17. The van der Waals surface area contributed by atoms with E-state index in [0.717, 1.165) is 16.9 Å². The van der Waals surface area contributed by atoms with Gasteiger partial charge < -0.3 is 14.5 Å². The molecule has 1 saturated heterocycles. The number of fused-ring (bicyclic) bond motifs is 3. The summed E-state index contributed by atoms with van der Waals surface area (Å²) >= 11 is 6.11. The Morgan fingerprint density at radius 3 is 2.32 bits per heavy atom. The first-order valence-corrected chi connectivity index (χ1v) is 12.3. The second-order valence-corrected chi connectivity index (χ2v) is 9.96. The maximum absolute atomic E-state index is 14.3. The molecule has 0 N–H and O–H groups in total. The van der Waals surface area contributed by atoms with Crippen molar-refractivity contribution in [2.75, 3.05) is 31.0 Å². The van der Waals surface area contributed by atoms with Gasteiger partial charge in [0, 0.05) is 42.0 Å². The fourth-order valence-corrected chi connectivity index (χ4v) is 5.80. The van der Waals surface area contributed by atoms with Gasteiger partial charge in [0.2, 0.25) is 0 Å². The molecule has 3 aromatic carbocycles. The quantitative estimate of drug-likeness (QED) is 0.340. The maximum Gasteiger partial charge on any atom is 0.329 e. The van der Waals surface area contributed by atoms with Crippen LogP contribution >= 0.6 is 11.6 Å². The molecule has 2 heterocycles. The molecule has 4 atom stereocenters. The number of ketones is 1. The van der Waals surface area contributed by atoms with Gasteiger partial charge in [-0.05, 0) is 53.6 Å². The molecule has 0 amide bonds. The third-order valence-corrected chi connectivity index (χ3v) is 7.67. The molecular weight excluding hydrogens is 486 g/mol. The van der Waals surface area contributed by atoms with Gasteiger partial charge in [-0.3, -0.25) is 9.59 Å². The van der Waals surface area contributed by atoms with Crippen molar-refractivity contribution in [3.05, 3.63) is 101 Å². The number of methoxy groups -OCH3 is 1. The second kappa shape index (κ2) is 9.42. The number of anilines is 2. The van der Waals surface area contributed by atoms with Crippen molar-refractivity contribution in [2.24, 2.45) is 5.41 Å². The highest BCUT2D eigenvalue weighted by Crippen LogP contribution is 2.56. The number of nitriles is 1. The normalized spacial score (nSPS) is 23.5. The fourth-order valence-electron chi connectivity index (χ4n) is 5.67. The number of rotatable bonds is 5. The molecule has 0 aliphatic carbocycles. The minimum atomic E-state index is -1.66. The Morgan fingerprint density at radius 2 is 1.70 bits per heavy atom. The number of hydrogen-bond acceptors (Lipinski definition) is 6. The lowest BCUT2D eigenvalue weighted by Gasteiger charge is -2.36. The SMILES string of the molecule is COC(=O)[C@]1(C#N)[C@@H]2C=Cc3ccccc3N2[C@@H](C(=O)c2ccc(Cl)cc2)[C@@H]1c1ccc(N(C)C)cc1. The molecule has 0 unspecified atom stereocenters. The van der Waals surface area contributed by atoms with Crippen LogP contribution in [0.5, 0.6) is 0 Å². The number of carbonyl (C=O) groups excluding carboxylic acids is 2. The number of carbonyl (C=O) groups is 2. The largest absolute Gasteiger partial charge is 0.468 e. The van der Waals surface area contributed by atoms with E-state index < -0.39 is 29.4 Å². The predicted molar refractivity (Wildman–Crippen MR) is 145 cm³/mol. The average molecular weight is 512 g/mol. The molecular formula is C30H26ClN3O3. The number of Topliss-reactive ketones (excluding diaryl/α,β-unsaturated/α-hetero) is 1. The predicted octanol–water partition coefficient (Wildman–Crippen LogP) is 5.34. The zero-order valence-corrected chi connectivity index (χ0v) is 21.5. The summed E-state index contributed by atoms with van der Waals surface area (Å²) in [6, 6.07) is 22.8. The highest BCUT2D eigenvalue weighted by atomic mass is 35.5. The molecule has 1 fully saturated rings. The van der Waals surface area contributed by atoms with Crippen molar-refractivity contribution in [1.82, 2.24) is 0 Å². The Bertz CT molecular complexity index is 1430. The number of ether oxygens (including phenoxy) is 1. The van der Waals surface area contributed by atoms with E-state index in [-0.39, 0.29) is 5.78 Å². The molecule has 0 spiro atoms. The number of esters is 1. The van der Waals surface area contributed by atoms with Gasteiger partial charge in [0.1, 0.15) is 6.04 Å². The first kappa shape index (κ1) is 24.6. The molecule has 37 heavy (non-hydrogen) atoms. The van der Waals surface area contributed by atoms with E-state index in [1.807, 2.05) is 84.6 Å². The van der Waals surface area contributed by atoms with Crippen LogP contribution < -0.4 is 9.80 Å². The molecule has 7 heteroatoms. The number of hydrogen-bond donors (Lipinski definition) is 0. The van der Waals surface area contributed by atoms with Crippen LogP contribution in [-0.4, -0.2) is 45.0 Å². The van der Waals surface area contributed by atoms with Gasteiger partial charge >= 0.3 is 5.97 Å². The zero-order chi connectivity index (χ0) is 26.3. The van der Waals surface area contributed by atoms with Crippen molar-refractivity contribution in [1.29, 1.82) is 5.26 Å². The van der Waals surface area contributed by atoms with E-state index in [1.54, 1.807) is 24.3 Å². The summed E-state index contributed by atoms with van der Waals surface area (Å²) in [4.78, 5) is 31.8. The Kier molecular flexibility index (Phi) is 6.26. The van der Waals surface area contributed by atoms with Crippen LogP contribution in [0.15, 0.2) is 78.9 Å². The van der Waals surface area contributed by atoms with Gasteiger partial charge in [-0.15, -0.1) is 0 Å². The van der Waals surface area contributed by atoms with Crippen LogP contribution in [-0.2, 0) is 9.53 Å². The molecule has 0 aromatic heterocycles. The molecule has 3 aromatic rings. The highest BCUT2D eigenvalue weighted by Gasteiger charge is 2.67. The lowest BCUT2D eigenvalue weighted by Crippen LogP contribution is -2.46. The van der Waals surface area contributed by atoms with E-state index in [2.05, 4.69) is 6.07 Å². The van der Waals surface area contributed by atoms with Crippen LogP contribution in [0.1, 0.15) is 27.4 Å². The summed E-state index contributed by atoms with van der Waals surface area (Å²) in [7, 11) is 5.16. The summed E-state index contributed by atoms with van der Waals surface area (Å²) in [5, 5.41) is 11.3. The summed E-state index contributed by atoms with van der Waals surface area (Å²) in [5.74, 6) is -1.67. The number of nitrogens with zero attached hydrogens (tertiary/aromatic N) is 3. The van der Waals surface area contributed by atoms with E-state index in [9.17, 15) is 14.9 Å². The Morgan fingerprint density at radius 1 is 1.03 bits per heavy atom. The van der Waals surface area contributed by atoms with Gasteiger partial charge in [0.15, 0.2) is 11.2 Å². The third kappa shape index (κ3) is 3.78. The van der Waals surface area contributed by atoms with Crippen LogP contribution in [0.2, 0.25) is 5.02 Å². The fraction of sp³-hybridized carbons (Fsp3) is 0.233. The molecule has 2 aliphatic heterocycles. The molecule has 0 bridgehead atoms. The van der Waals surface area contributed by atoms with E-state index in [1.165, 1.54) is 7.11 Å². The van der Waals surface area contributed by atoms with Crippen molar-refractivity contribution >= 4 is 40.8 Å². The Hall–Kier alpha value is -4.08. The first-order chi connectivity index (χ1) is 17.8. The smallest absolute Gasteiger partial charge is 0.329 e. The topological polar surface area (TPSA) is 73.6 Å². The number of benzene rings is 3. The van der Waals surface area contributed by atoms with Gasteiger partial charge in [-0.1, -0.05) is 54.1 Å². The van der Waals surface area contributed by atoms with Crippen LogP contribution in [0.3, 0.4) is 0 Å². The van der Waals surface area contributed by atoms with Crippen molar-refractivity contribution in [3.8, 4) is 6.07 Å². The molecule has 0 saturated carbocycles. The maximum atomic E-state index is 14.3. The zero-order valence-electron chi connectivity index (χ0n) is 20.8. The Labute approximate surface area is 221 Å². The number of halogens is 1. The monoisotopic (exact) mass is 511 g/mol. The number of para-hydroxylation sites is 1. The van der Waals surface area contributed by atoms with E-state index >= 15 is 0 Å². The minimum absolute atomic E-state index is 0.200. The average Bonchev–Trinajstić information content (AvgIpc) is 3.24. The molecule has 2 aliphatic rings. The van der Waals surface area contributed by atoms with Crippen LogP contribution in [0.4, 0.5) is 11.4 Å². The van der Waals surface area contributed by atoms with E-state index in [4.69, 9.17) is 16.3 Å². The van der Waals surface area contributed by atoms with Gasteiger partial charge in [0.25, 0.3) is 0 Å². The van der Waals surface area contributed by atoms with Gasteiger partial charge in [-0.25, -0.2) is 0 Å². The van der Waals surface area contributed by atoms with E-state index in [0.29, 0.717) is 16.1 Å². The summed E-state index contributed by atoms with van der Waals surface area (Å²) in [6.45, 7) is 0. The summed E-state index contributed by atoms with van der Waals surface area (Å²) < 4.78 is 5.27. The molecule has 186 valence electrons.